The Morgan fingerprint density at radius 1 is 1.05 bits per heavy atom. The Kier molecular flexibility index (Phi) is 11.8. The summed E-state index contributed by atoms with van der Waals surface area (Å²) >= 11 is 0. The quantitative estimate of drug-likeness (QED) is 0.260. The fraction of sp³-hybridized carbons (Fsp3) is 0.517. The molecule has 202 valence electrons. The molecule has 0 aliphatic carbocycles. The van der Waals surface area contributed by atoms with Gasteiger partial charge in [-0.25, -0.2) is 0 Å². The van der Waals surface area contributed by atoms with E-state index in [1.165, 1.54) is 0 Å². The highest BCUT2D eigenvalue weighted by atomic mass is 19.1. The molecule has 7 nitrogen and oxygen atoms in total. The maximum absolute atomic E-state index is 12.8. The van der Waals surface area contributed by atoms with Gasteiger partial charge in [0.2, 0.25) is 5.91 Å². The Labute approximate surface area is 219 Å². The van der Waals surface area contributed by atoms with Crippen LogP contribution in [-0.4, -0.2) is 73.9 Å². The minimum absolute atomic E-state index is 0.00469. The Bertz CT molecular complexity index is 967. The molecule has 1 aliphatic heterocycles. The van der Waals surface area contributed by atoms with Gasteiger partial charge in [-0.15, -0.1) is 0 Å². The van der Waals surface area contributed by atoms with Crippen molar-refractivity contribution in [2.75, 3.05) is 40.0 Å². The first-order chi connectivity index (χ1) is 18.0. The third kappa shape index (κ3) is 10.1. The molecule has 1 heterocycles. The van der Waals surface area contributed by atoms with Crippen LogP contribution in [0.3, 0.4) is 0 Å². The lowest BCUT2D eigenvalue weighted by Crippen LogP contribution is -2.44. The van der Waals surface area contributed by atoms with E-state index in [2.05, 4.69) is 10.2 Å². The first-order valence-electron chi connectivity index (χ1n) is 13.1. The van der Waals surface area contributed by atoms with Crippen molar-refractivity contribution in [1.82, 2.24) is 10.2 Å². The zero-order valence-corrected chi connectivity index (χ0v) is 21.7. The summed E-state index contributed by atoms with van der Waals surface area (Å²) in [5.74, 6) is 1.36. The van der Waals surface area contributed by atoms with Gasteiger partial charge in [-0.3, -0.25) is 18.9 Å². The summed E-state index contributed by atoms with van der Waals surface area (Å²) in [6, 6.07) is 14.6. The number of amides is 1. The number of ether oxygens (including phenoxy) is 2. The number of hydrogen-bond donors (Lipinski definition) is 2. The number of benzene rings is 2. The van der Waals surface area contributed by atoms with Crippen molar-refractivity contribution in [3.05, 3.63) is 59.7 Å². The van der Waals surface area contributed by atoms with Crippen LogP contribution in [0.25, 0.3) is 0 Å². The lowest BCUT2D eigenvalue weighted by atomic mass is 10.0. The summed E-state index contributed by atoms with van der Waals surface area (Å²) in [7, 11) is 1.58. The third-order valence-electron chi connectivity index (χ3n) is 6.51. The number of aliphatic hydroxyl groups excluding tert-OH is 1. The van der Waals surface area contributed by atoms with Gasteiger partial charge in [0.1, 0.15) is 11.5 Å². The summed E-state index contributed by atoms with van der Waals surface area (Å²) in [4.78, 5) is 27.4. The van der Waals surface area contributed by atoms with E-state index in [9.17, 15) is 19.1 Å². The summed E-state index contributed by atoms with van der Waals surface area (Å²) in [6.07, 6.45) is 3.28. The van der Waals surface area contributed by atoms with E-state index >= 15 is 0 Å². The maximum atomic E-state index is 12.8. The Hall–Kier alpha value is -2.97. The van der Waals surface area contributed by atoms with Gasteiger partial charge in [0.15, 0.2) is 5.78 Å². The Balaban J connectivity index is 1.49. The second kappa shape index (κ2) is 15.3. The van der Waals surface area contributed by atoms with Crippen LogP contribution in [0.5, 0.6) is 11.5 Å². The van der Waals surface area contributed by atoms with E-state index in [-0.39, 0.29) is 36.9 Å². The maximum Gasteiger partial charge on any atom is 0.220 e. The van der Waals surface area contributed by atoms with Gasteiger partial charge in [0.25, 0.3) is 0 Å². The number of halogens is 1. The first-order valence-corrected chi connectivity index (χ1v) is 13.1. The SMILES string of the molecule is COc1ccc(C(=O)CCCC(=O)N[C@@H](Cc2ccc(OCCCCF)cc2)CN2CC[C@@H](O)C2)cc1. The van der Waals surface area contributed by atoms with Crippen molar-refractivity contribution in [2.45, 2.75) is 57.1 Å². The minimum Gasteiger partial charge on any atom is -0.497 e. The molecule has 0 aromatic heterocycles. The number of unbranched alkanes of at least 4 members (excludes halogenated alkanes) is 1. The number of carbonyl (C=O) groups is 2. The molecule has 1 aliphatic rings. The normalized spacial score (nSPS) is 16.4. The largest absolute Gasteiger partial charge is 0.497 e. The third-order valence-corrected chi connectivity index (χ3v) is 6.51. The predicted octanol–water partition coefficient (Wildman–Crippen LogP) is 3.97. The molecule has 2 atom stereocenters. The first kappa shape index (κ1) is 28.6. The monoisotopic (exact) mass is 514 g/mol. The smallest absolute Gasteiger partial charge is 0.220 e. The van der Waals surface area contributed by atoms with E-state index in [1.807, 2.05) is 24.3 Å². The van der Waals surface area contributed by atoms with Crippen molar-refractivity contribution in [1.29, 1.82) is 0 Å². The van der Waals surface area contributed by atoms with Crippen LogP contribution in [0.2, 0.25) is 0 Å². The molecular weight excluding hydrogens is 475 g/mol. The van der Waals surface area contributed by atoms with Gasteiger partial charge in [-0.1, -0.05) is 12.1 Å². The number of likely N-dealkylation sites (tertiary alicyclic amines) is 1. The summed E-state index contributed by atoms with van der Waals surface area (Å²) < 4.78 is 23.0. The molecular formula is C29H39FN2O5. The zero-order chi connectivity index (χ0) is 26.5. The van der Waals surface area contributed by atoms with Crippen molar-refractivity contribution < 1.29 is 28.6 Å². The number of methoxy groups -OCH3 is 1. The molecule has 37 heavy (non-hydrogen) atoms. The summed E-state index contributed by atoms with van der Waals surface area (Å²) in [5, 5.41) is 13.0. The lowest BCUT2D eigenvalue weighted by Gasteiger charge is -2.25. The molecule has 1 fully saturated rings. The van der Waals surface area contributed by atoms with Crippen LogP contribution in [0, 0.1) is 0 Å². The molecule has 2 aromatic carbocycles. The number of nitrogens with one attached hydrogen (secondary N) is 1. The number of aliphatic hydroxyl groups is 1. The molecule has 8 heteroatoms. The minimum atomic E-state index is -0.331. The Morgan fingerprint density at radius 3 is 2.43 bits per heavy atom. The zero-order valence-electron chi connectivity index (χ0n) is 21.7. The van der Waals surface area contributed by atoms with Gasteiger partial charge in [0, 0.05) is 44.1 Å². The molecule has 0 radical (unpaired) electrons. The predicted molar refractivity (Wildman–Crippen MR) is 141 cm³/mol. The molecule has 1 amide bonds. The van der Waals surface area contributed by atoms with Crippen LogP contribution in [0.1, 0.15) is 54.4 Å². The summed E-state index contributed by atoms with van der Waals surface area (Å²) in [5.41, 5.74) is 1.68. The highest BCUT2D eigenvalue weighted by Gasteiger charge is 2.24. The Morgan fingerprint density at radius 2 is 1.78 bits per heavy atom. The average Bonchev–Trinajstić information content (AvgIpc) is 3.31. The van der Waals surface area contributed by atoms with E-state index in [0.29, 0.717) is 63.1 Å². The number of alkyl halides is 1. The fourth-order valence-corrected chi connectivity index (χ4v) is 4.47. The number of nitrogens with zero attached hydrogens (tertiary/aromatic N) is 1. The second-order valence-electron chi connectivity index (χ2n) is 9.56. The highest BCUT2D eigenvalue weighted by Crippen LogP contribution is 2.17. The van der Waals surface area contributed by atoms with Crippen LogP contribution in [-0.2, 0) is 11.2 Å². The van der Waals surface area contributed by atoms with Gasteiger partial charge in [0.05, 0.1) is 26.5 Å². The molecule has 1 saturated heterocycles. The molecule has 2 aromatic rings. The number of carbonyl (C=O) groups excluding carboxylic acids is 2. The second-order valence-corrected chi connectivity index (χ2v) is 9.56. The van der Waals surface area contributed by atoms with Gasteiger partial charge >= 0.3 is 0 Å². The van der Waals surface area contributed by atoms with E-state index in [1.54, 1.807) is 31.4 Å². The van der Waals surface area contributed by atoms with Crippen molar-refractivity contribution >= 4 is 11.7 Å². The van der Waals surface area contributed by atoms with Crippen LogP contribution in [0.15, 0.2) is 48.5 Å². The fourth-order valence-electron chi connectivity index (χ4n) is 4.47. The van der Waals surface area contributed by atoms with Gasteiger partial charge < -0.3 is 19.9 Å². The van der Waals surface area contributed by atoms with E-state index in [4.69, 9.17) is 9.47 Å². The van der Waals surface area contributed by atoms with Crippen LogP contribution < -0.4 is 14.8 Å². The molecule has 0 saturated carbocycles. The van der Waals surface area contributed by atoms with Crippen LogP contribution >= 0.6 is 0 Å². The van der Waals surface area contributed by atoms with Crippen LogP contribution in [0.4, 0.5) is 4.39 Å². The van der Waals surface area contributed by atoms with Gasteiger partial charge in [-0.05, 0) is 74.1 Å². The van der Waals surface area contributed by atoms with E-state index < -0.39 is 0 Å². The number of Topliss-reactive ketones (excluding diaryl/α,β-unsaturated/α-hetero) is 1. The molecule has 2 N–H and O–H groups in total. The van der Waals surface area contributed by atoms with Crippen molar-refractivity contribution in [2.24, 2.45) is 0 Å². The number of hydrogen-bond acceptors (Lipinski definition) is 6. The van der Waals surface area contributed by atoms with Crippen molar-refractivity contribution in [3.8, 4) is 11.5 Å². The number of ketones is 1. The van der Waals surface area contributed by atoms with E-state index in [0.717, 1.165) is 24.3 Å². The number of β-amino-alcohol motifs (C(OH)–C–C–N with tert-alkyl or cyclic N) is 1. The summed E-state index contributed by atoms with van der Waals surface area (Å²) in [6.45, 7) is 2.21. The molecule has 0 bridgehead atoms. The topological polar surface area (TPSA) is 88.1 Å². The lowest BCUT2D eigenvalue weighted by molar-refractivity contribution is -0.122. The van der Waals surface area contributed by atoms with Gasteiger partial charge in [-0.2, -0.15) is 0 Å². The standard InChI is InChI=1S/C29H39FN2O5/c1-36-26-13-9-23(10-14-26)28(34)5-4-6-29(35)31-24(20-32-17-15-25(33)21-32)19-22-7-11-27(12-8-22)37-18-3-2-16-30/h7-14,24-25,33H,2-6,15-21H2,1H3,(H,31,35)/t24-,25+/m0/s1. The molecule has 3 rings (SSSR count). The average molecular weight is 515 g/mol. The number of rotatable bonds is 16. The van der Waals surface area contributed by atoms with Crippen molar-refractivity contribution in [3.63, 3.8) is 0 Å². The molecule has 0 spiro atoms. The highest BCUT2D eigenvalue weighted by molar-refractivity contribution is 5.96. The molecule has 0 unspecified atom stereocenters.